The third-order valence-electron chi connectivity index (χ3n) is 4.08. The highest BCUT2D eigenvalue weighted by Crippen LogP contribution is 2.28. The van der Waals surface area contributed by atoms with Gasteiger partial charge in [-0.3, -0.25) is 0 Å². The van der Waals surface area contributed by atoms with Crippen LogP contribution in [0.4, 0.5) is 5.69 Å². The predicted octanol–water partition coefficient (Wildman–Crippen LogP) is 5.89. The molecule has 0 aliphatic rings. The third kappa shape index (κ3) is 4.36. The first-order valence-corrected chi connectivity index (χ1v) is 8.66. The zero-order valence-corrected chi connectivity index (χ0v) is 14.7. The Bertz CT molecular complexity index is 768. The van der Waals surface area contributed by atoms with Crippen molar-refractivity contribution in [3.05, 3.63) is 102 Å². The van der Waals surface area contributed by atoms with Crippen LogP contribution in [0.25, 0.3) is 0 Å². The minimum atomic E-state index is -0.0244. The Morgan fingerprint density at radius 3 is 1.80 bits per heavy atom. The Balaban J connectivity index is 2.09. The molecule has 0 aliphatic heterocycles. The summed E-state index contributed by atoms with van der Waals surface area (Å²) in [7, 11) is 0. The fourth-order valence-electron chi connectivity index (χ4n) is 2.84. The van der Waals surface area contributed by atoms with Crippen molar-refractivity contribution in [2.75, 3.05) is 6.61 Å². The van der Waals surface area contributed by atoms with Crippen LogP contribution in [-0.2, 0) is 4.74 Å². The molecule has 3 aromatic rings. The quantitative estimate of drug-likeness (QED) is 0.422. The molecule has 0 unspecified atom stereocenters. The van der Waals surface area contributed by atoms with Gasteiger partial charge in [-0.25, -0.2) is 4.99 Å². The van der Waals surface area contributed by atoms with Crippen LogP contribution in [0.1, 0.15) is 29.5 Å². The lowest BCUT2D eigenvalue weighted by atomic mass is 9.91. The van der Waals surface area contributed by atoms with E-state index in [0.717, 1.165) is 11.6 Å². The van der Waals surface area contributed by atoms with Crippen molar-refractivity contribution >= 4 is 11.6 Å². The molecule has 0 radical (unpaired) electrons. The minimum Gasteiger partial charge on any atom is -0.480 e. The van der Waals surface area contributed by atoms with E-state index in [9.17, 15) is 0 Å². The van der Waals surface area contributed by atoms with Gasteiger partial charge in [0.2, 0.25) is 5.90 Å². The molecule has 0 saturated heterocycles. The van der Waals surface area contributed by atoms with Crippen molar-refractivity contribution in [1.82, 2.24) is 0 Å². The molecule has 0 aromatic heterocycles. The number of benzene rings is 3. The summed E-state index contributed by atoms with van der Waals surface area (Å²) >= 11 is 0. The molecule has 0 fully saturated rings. The Morgan fingerprint density at radius 1 is 0.800 bits per heavy atom. The lowest BCUT2D eigenvalue weighted by Gasteiger charge is -2.20. The highest BCUT2D eigenvalue weighted by molar-refractivity contribution is 5.89. The Morgan fingerprint density at radius 2 is 1.32 bits per heavy atom. The molecular weight excluding hydrogens is 306 g/mol. The number of hydrogen-bond acceptors (Lipinski definition) is 2. The second kappa shape index (κ2) is 8.29. The fraction of sp³-hybridized carbons (Fsp3) is 0.174. The van der Waals surface area contributed by atoms with Crippen molar-refractivity contribution in [1.29, 1.82) is 0 Å². The van der Waals surface area contributed by atoms with Gasteiger partial charge in [0.15, 0.2) is 0 Å². The van der Waals surface area contributed by atoms with Crippen LogP contribution in [0.3, 0.4) is 0 Å². The molecule has 0 bridgehead atoms. The van der Waals surface area contributed by atoms with Gasteiger partial charge >= 0.3 is 0 Å². The first-order chi connectivity index (χ1) is 12.3. The SMILES string of the molecule is CCOC(=Nc1ccc(C)cc1)C(c1ccccc1)c1ccccc1. The minimum absolute atomic E-state index is 0.0244. The summed E-state index contributed by atoms with van der Waals surface area (Å²) in [6.07, 6.45) is 0. The normalized spacial score (nSPS) is 11.6. The maximum Gasteiger partial charge on any atom is 0.200 e. The van der Waals surface area contributed by atoms with Gasteiger partial charge in [0.25, 0.3) is 0 Å². The van der Waals surface area contributed by atoms with Gasteiger partial charge in [0.05, 0.1) is 18.2 Å². The maximum absolute atomic E-state index is 6.00. The molecule has 25 heavy (non-hydrogen) atoms. The maximum atomic E-state index is 6.00. The number of rotatable bonds is 5. The summed E-state index contributed by atoms with van der Waals surface area (Å²) in [4.78, 5) is 4.84. The van der Waals surface area contributed by atoms with Crippen molar-refractivity contribution < 1.29 is 4.74 Å². The average molecular weight is 329 g/mol. The molecule has 3 aromatic carbocycles. The lowest BCUT2D eigenvalue weighted by Crippen LogP contribution is -2.17. The number of hydrogen-bond donors (Lipinski definition) is 0. The van der Waals surface area contributed by atoms with Gasteiger partial charge in [-0.2, -0.15) is 0 Å². The summed E-state index contributed by atoms with van der Waals surface area (Å²) in [5.41, 5.74) is 4.48. The summed E-state index contributed by atoms with van der Waals surface area (Å²) in [5, 5.41) is 0. The van der Waals surface area contributed by atoms with Crippen molar-refractivity contribution in [3.8, 4) is 0 Å². The van der Waals surface area contributed by atoms with E-state index < -0.39 is 0 Å². The van der Waals surface area contributed by atoms with Crippen LogP contribution in [0.2, 0.25) is 0 Å². The van der Waals surface area contributed by atoms with E-state index in [1.165, 1.54) is 16.7 Å². The Labute approximate surface area is 149 Å². The van der Waals surface area contributed by atoms with Gasteiger partial charge < -0.3 is 4.74 Å². The van der Waals surface area contributed by atoms with E-state index in [0.29, 0.717) is 6.61 Å². The molecule has 0 amide bonds. The number of aliphatic imine (C=N–C) groups is 1. The second-order valence-corrected chi connectivity index (χ2v) is 5.97. The van der Waals surface area contributed by atoms with E-state index in [2.05, 4.69) is 67.6 Å². The highest BCUT2D eigenvalue weighted by atomic mass is 16.5. The van der Waals surface area contributed by atoms with Crippen molar-refractivity contribution in [3.63, 3.8) is 0 Å². The average Bonchev–Trinajstić information content (AvgIpc) is 2.66. The molecule has 0 aliphatic carbocycles. The zero-order chi connectivity index (χ0) is 17.5. The molecule has 0 saturated carbocycles. The van der Waals surface area contributed by atoms with Crippen LogP contribution in [-0.4, -0.2) is 12.5 Å². The first kappa shape index (κ1) is 17.0. The predicted molar refractivity (Wildman–Crippen MR) is 105 cm³/mol. The number of aryl methyl sites for hydroxylation is 1. The van der Waals surface area contributed by atoms with Crippen molar-refractivity contribution in [2.24, 2.45) is 4.99 Å². The van der Waals surface area contributed by atoms with Gasteiger partial charge in [0, 0.05) is 0 Å². The topological polar surface area (TPSA) is 21.6 Å². The second-order valence-electron chi connectivity index (χ2n) is 5.97. The standard InChI is InChI=1S/C23H23NO/c1-3-25-23(24-21-16-14-18(2)15-17-21)22(19-10-6-4-7-11-19)20-12-8-5-9-13-20/h4-17,22H,3H2,1-2H3. The van der Waals surface area contributed by atoms with Gasteiger partial charge in [-0.05, 0) is 37.1 Å². The monoisotopic (exact) mass is 329 g/mol. The zero-order valence-electron chi connectivity index (χ0n) is 14.7. The molecule has 0 N–H and O–H groups in total. The van der Waals surface area contributed by atoms with E-state index in [1.54, 1.807) is 0 Å². The molecule has 0 atom stereocenters. The summed E-state index contributed by atoms with van der Waals surface area (Å²) in [5.74, 6) is 0.701. The molecule has 0 heterocycles. The van der Waals surface area contributed by atoms with Crippen LogP contribution >= 0.6 is 0 Å². The highest BCUT2D eigenvalue weighted by Gasteiger charge is 2.22. The van der Waals surface area contributed by atoms with Crippen LogP contribution < -0.4 is 0 Å². The van der Waals surface area contributed by atoms with Crippen LogP contribution in [0.15, 0.2) is 89.9 Å². The smallest absolute Gasteiger partial charge is 0.200 e. The van der Waals surface area contributed by atoms with E-state index in [-0.39, 0.29) is 5.92 Å². The number of ether oxygens (including phenoxy) is 1. The molecule has 0 spiro atoms. The summed E-state index contributed by atoms with van der Waals surface area (Å²) < 4.78 is 6.00. The molecule has 2 heteroatoms. The van der Waals surface area contributed by atoms with E-state index >= 15 is 0 Å². The van der Waals surface area contributed by atoms with Crippen LogP contribution in [0.5, 0.6) is 0 Å². The first-order valence-electron chi connectivity index (χ1n) is 8.66. The molecule has 2 nitrogen and oxygen atoms in total. The lowest BCUT2D eigenvalue weighted by molar-refractivity contribution is 0.315. The van der Waals surface area contributed by atoms with Gasteiger partial charge in [-0.15, -0.1) is 0 Å². The third-order valence-corrected chi connectivity index (χ3v) is 4.08. The van der Waals surface area contributed by atoms with E-state index in [1.807, 2.05) is 31.2 Å². The largest absolute Gasteiger partial charge is 0.480 e. The molecular formula is C23H23NO. The Kier molecular flexibility index (Phi) is 5.63. The van der Waals surface area contributed by atoms with Crippen molar-refractivity contribution in [2.45, 2.75) is 19.8 Å². The van der Waals surface area contributed by atoms with Gasteiger partial charge in [0.1, 0.15) is 0 Å². The molecule has 126 valence electrons. The fourth-order valence-corrected chi connectivity index (χ4v) is 2.84. The van der Waals surface area contributed by atoms with E-state index in [4.69, 9.17) is 9.73 Å². The molecule has 3 rings (SSSR count). The number of nitrogens with zero attached hydrogens (tertiary/aromatic N) is 1. The van der Waals surface area contributed by atoms with Gasteiger partial charge in [-0.1, -0.05) is 78.4 Å². The Hall–Kier alpha value is -2.87. The summed E-state index contributed by atoms with van der Waals surface area (Å²) in [6.45, 7) is 4.66. The summed E-state index contributed by atoms with van der Waals surface area (Å²) in [6, 6.07) is 29.0. The van der Waals surface area contributed by atoms with Crippen LogP contribution in [0, 0.1) is 6.92 Å².